The van der Waals surface area contributed by atoms with Crippen molar-refractivity contribution in [1.82, 2.24) is 14.5 Å². The van der Waals surface area contributed by atoms with Crippen LogP contribution < -0.4 is 5.73 Å². The van der Waals surface area contributed by atoms with Crippen molar-refractivity contribution in [3.8, 4) is 11.3 Å². The highest BCUT2D eigenvalue weighted by atomic mass is 16.5. The second kappa shape index (κ2) is 4.65. The highest BCUT2D eigenvalue weighted by Crippen LogP contribution is 2.18. The summed E-state index contributed by atoms with van der Waals surface area (Å²) in [5.74, 6) is 0.125. The van der Waals surface area contributed by atoms with Crippen LogP contribution in [0.1, 0.15) is 0 Å². The lowest BCUT2D eigenvalue weighted by molar-refractivity contribution is -0.141. The largest absolute Gasteiger partial charge is 0.468 e. The van der Waals surface area contributed by atoms with Crippen LogP contribution in [0.4, 0.5) is 5.82 Å². The lowest BCUT2D eigenvalue weighted by atomic mass is 10.2. The first-order valence-electron chi connectivity index (χ1n) is 4.99. The molecule has 2 rings (SSSR count). The van der Waals surface area contributed by atoms with Gasteiger partial charge in [0.25, 0.3) is 0 Å². The van der Waals surface area contributed by atoms with Crippen molar-refractivity contribution in [2.75, 3.05) is 12.8 Å². The standard InChI is InChI=1S/C11H12N4O2/c1-17-11(16)6-15-7-13-5-9(15)8-2-3-10(12)14-4-8/h2-5,7H,6H2,1H3,(H2,12,14). The third-order valence-corrected chi connectivity index (χ3v) is 2.32. The van der Waals surface area contributed by atoms with E-state index in [1.807, 2.05) is 6.07 Å². The quantitative estimate of drug-likeness (QED) is 0.787. The van der Waals surface area contributed by atoms with Crippen LogP contribution in [0.2, 0.25) is 0 Å². The molecule has 0 spiro atoms. The van der Waals surface area contributed by atoms with Crippen molar-refractivity contribution in [3.05, 3.63) is 30.9 Å². The molecular formula is C11H12N4O2. The Morgan fingerprint density at radius 1 is 1.47 bits per heavy atom. The molecule has 0 saturated heterocycles. The molecule has 0 amide bonds. The number of aromatic nitrogens is 3. The van der Waals surface area contributed by atoms with Crippen LogP contribution in [-0.4, -0.2) is 27.6 Å². The zero-order valence-electron chi connectivity index (χ0n) is 9.33. The third kappa shape index (κ3) is 2.41. The summed E-state index contributed by atoms with van der Waals surface area (Å²) in [4.78, 5) is 19.2. The van der Waals surface area contributed by atoms with Gasteiger partial charge in [0.1, 0.15) is 12.4 Å². The van der Waals surface area contributed by atoms with Gasteiger partial charge < -0.3 is 15.0 Å². The van der Waals surface area contributed by atoms with E-state index in [0.29, 0.717) is 5.82 Å². The van der Waals surface area contributed by atoms with E-state index in [4.69, 9.17) is 5.73 Å². The number of hydrogen-bond donors (Lipinski definition) is 1. The van der Waals surface area contributed by atoms with Crippen LogP contribution >= 0.6 is 0 Å². The SMILES string of the molecule is COC(=O)Cn1cncc1-c1ccc(N)nc1. The second-order valence-electron chi connectivity index (χ2n) is 3.45. The van der Waals surface area contributed by atoms with Crippen molar-refractivity contribution in [2.45, 2.75) is 6.54 Å². The van der Waals surface area contributed by atoms with E-state index in [-0.39, 0.29) is 12.5 Å². The molecule has 0 unspecified atom stereocenters. The average Bonchev–Trinajstić information content (AvgIpc) is 2.78. The van der Waals surface area contributed by atoms with Gasteiger partial charge in [-0.15, -0.1) is 0 Å². The van der Waals surface area contributed by atoms with Crippen molar-refractivity contribution in [2.24, 2.45) is 0 Å². The number of methoxy groups -OCH3 is 1. The molecule has 0 aliphatic rings. The molecular weight excluding hydrogens is 220 g/mol. The molecule has 2 aromatic rings. The second-order valence-corrected chi connectivity index (χ2v) is 3.45. The smallest absolute Gasteiger partial charge is 0.325 e. The highest BCUT2D eigenvalue weighted by molar-refractivity contribution is 5.70. The van der Waals surface area contributed by atoms with Crippen LogP contribution in [0.15, 0.2) is 30.9 Å². The molecule has 0 radical (unpaired) electrons. The minimum Gasteiger partial charge on any atom is -0.468 e. The molecule has 0 aromatic carbocycles. The molecule has 6 heteroatoms. The number of rotatable bonds is 3. The normalized spacial score (nSPS) is 10.2. The van der Waals surface area contributed by atoms with Crippen LogP contribution in [0.5, 0.6) is 0 Å². The summed E-state index contributed by atoms with van der Waals surface area (Å²) in [6, 6.07) is 3.53. The summed E-state index contributed by atoms with van der Waals surface area (Å²) >= 11 is 0. The fourth-order valence-corrected chi connectivity index (χ4v) is 1.45. The van der Waals surface area contributed by atoms with Crippen molar-refractivity contribution >= 4 is 11.8 Å². The zero-order chi connectivity index (χ0) is 12.3. The van der Waals surface area contributed by atoms with Gasteiger partial charge in [0, 0.05) is 11.8 Å². The van der Waals surface area contributed by atoms with Crippen molar-refractivity contribution in [1.29, 1.82) is 0 Å². The van der Waals surface area contributed by atoms with Crippen LogP contribution in [0.25, 0.3) is 11.3 Å². The number of carbonyl (C=O) groups is 1. The Labute approximate surface area is 98.1 Å². The lowest BCUT2D eigenvalue weighted by Gasteiger charge is -2.06. The number of hydrogen-bond acceptors (Lipinski definition) is 5. The predicted molar refractivity (Wildman–Crippen MR) is 61.9 cm³/mol. The van der Waals surface area contributed by atoms with Gasteiger partial charge in [-0.1, -0.05) is 0 Å². The first kappa shape index (κ1) is 11.1. The van der Waals surface area contributed by atoms with Crippen LogP contribution in [0.3, 0.4) is 0 Å². The number of pyridine rings is 1. The third-order valence-electron chi connectivity index (χ3n) is 2.32. The fourth-order valence-electron chi connectivity index (χ4n) is 1.45. The van der Waals surface area contributed by atoms with Crippen molar-refractivity contribution < 1.29 is 9.53 Å². The van der Waals surface area contributed by atoms with E-state index in [9.17, 15) is 4.79 Å². The van der Waals surface area contributed by atoms with Gasteiger partial charge in [-0.25, -0.2) is 9.97 Å². The van der Waals surface area contributed by atoms with Crippen LogP contribution in [-0.2, 0) is 16.1 Å². The number of imidazole rings is 1. The summed E-state index contributed by atoms with van der Waals surface area (Å²) in [5, 5.41) is 0. The van der Waals surface area contributed by atoms with E-state index < -0.39 is 0 Å². The Morgan fingerprint density at radius 2 is 2.29 bits per heavy atom. The Kier molecular flexibility index (Phi) is 3.04. The number of nitrogen functional groups attached to an aromatic ring is 1. The molecule has 0 saturated carbocycles. The minimum atomic E-state index is -0.326. The van der Waals surface area contributed by atoms with Crippen LogP contribution in [0, 0.1) is 0 Å². The molecule has 0 fully saturated rings. The van der Waals surface area contributed by atoms with Gasteiger partial charge in [-0.3, -0.25) is 4.79 Å². The molecule has 0 atom stereocenters. The molecule has 17 heavy (non-hydrogen) atoms. The topological polar surface area (TPSA) is 83.0 Å². The van der Waals surface area contributed by atoms with E-state index in [1.54, 1.807) is 29.4 Å². The Morgan fingerprint density at radius 3 is 2.94 bits per heavy atom. The summed E-state index contributed by atoms with van der Waals surface area (Å²) in [7, 11) is 1.35. The molecule has 2 heterocycles. The molecule has 0 aliphatic heterocycles. The summed E-state index contributed by atoms with van der Waals surface area (Å²) in [6.07, 6.45) is 4.87. The zero-order valence-corrected chi connectivity index (χ0v) is 9.33. The maximum atomic E-state index is 11.2. The maximum Gasteiger partial charge on any atom is 0.325 e. The number of nitrogens with two attached hydrogens (primary N) is 1. The molecule has 2 aromatic heterocycles. The molecule has 0 aliphatic carbocycles. The highest BCUT2D eigenvalue weighted by Gasteiger charge is 2.09. The summed E-state index contributed by atoms with van der Waals surface area (Å²) in [6.45, 7) is 0.121. The summed E-state index contributed by atoms with van der Waals surface area (Å²) in [5.41, 5.74) is 7.15. The number of anilines is 1. The molecule has 0 bridgehead atoms. The predicted octanol–water partition coefficient (Wildman–Crippen LogP) is 0.700. The van der Waals surface area contributed by atoms with Gasteiger partial charge >= 0.3 is 5.97 Å². The number of carbonyl (C=O) groups excluding carboxylic acids is 1. The first-order valence-corrected chi connectivity index (χ1v) is 4.99. The Hall–Kier alpha value is -2.37. The van der Waals surface area contributed by atoms with E-state index >= 15 is 0 Å². The molecule has 2 N–H and O–H groups in total. The Bertz CT molecular complexity index is 519. The Balaban J connectivity index is 2.30. The minimum absolute atomic E-state index is 0.121. The molecule has 88 valence electrons. The van der Waals surface area contributed by atoms with E-state index in [1.165, 1.54) is 7.11 Å². The monoisotopic (exact) mass is 232 g/mol. The van der Waals surface area contributed by atoms with Gasteiger partial charge in [-0.2, -0.15) is 0 Å². The van der Waals surface area contributed by atoms with Gasteiger partial charge in [0.05, 0.1) is 25.3 Å². The van der Waals surface area contributed by atoms with E-state index in [0.717, 1.165) is 11.3 Å². The van der Waals surface area contributed by atoms with Gasteiger partial charge in [0.2, 0.25) is 0 Å². The first-order chi connectivity index (χ1) is 8.20. The maximum absolute atomic E-state index is 11.2. The van der Waals surface area contributed by atoms with Gasteiger partial charge in [-0.05, 0) is 12.1 Å². The average molecular weight is 232 g/mol. The molecule has 6 nitrogen and oxygen atoms in total. The number of esters is 1. The van der Waals surface area contributed by atoms with Gasteiger partial charge in [0.15, 0.2) is 0 Å². The van der Waals surface area contributed by atoms with E-state index in [2.05, 4.69) is 14.7 Å². The number of ether oxygens (including phenoxy) is 1. The lowest BCUT2D eigenvalue weighted by Crippen LogP contribution is -2.11. The number of nitrogens with zero attached hydrogens (tertiary/aromatic N) is 3. The summed E-state index contributed by atoms with van der Waals surface area (Å²) < 4.78 is 6.30. The fraction of sp³-hybridized carbons (Fsp3) is 0.182. The van der Waals surface area contributed by atoms with Crippen molar-refractivity contribution in [3.63, 3.8) is 0 Å².